The minimum absolute atomic E-state index is 0.0556. The largest absolute Gasteiger partial charge is 0.457 e. The van der Waals surface area contributed by atoms with Crippen LogP contribution in [-0.4, -0.2) is 36.9 Å². The third-order valence-corrected chi connectivity index (χ3v) is 2.09. The van der Waals surface area contributed by atoms with Gasteiger partial charge in [-0.1, -0.05) is 0 Å². The predicted molar refractivity (Wildman–Crippen MR) is 39.8 cm³/mol. The summed E-state index contributed by atoms with van der Waals surface area (Å²) >= 11 is 0. The Morgan fingerprint density at radius 1 is 1.62 bits per heavy atom. The van der Waals surface area contributed by atoms with Crippen LogP contribution in [0.4, 0.5) is 0 Å². The van der Waals surface area contributed by atoms with Crippen LogP contribution >= 0.6 is 0 Å². The fourth-order valence-corrected chi connectivity index (χ4v) is 1.52. The van der Waals surface area contributed by atoms with Crippen LogP contribution in [0.1, 0.15) is 13.3 Å². The lowest BCUT2D eigenvalue weighted by Gasteiger charge is -2.25. The Labute approximate surface area is 74.9 Å². The third kappa shape index (κ3) is 1.57. The van der Waals surface area contributed by atoms with Crippen molar-refractivity contribution < 1.29 is 23.8 Å². The summed E-state index contributed by atoms with van der Waals surface area (Å²) in [5, 5.41) is 0. The van der Waals surface area contributed by atoms with Gasteiger partial charge in [0.15, 0.2) is 18.2 Å². The molecule has 0 aliphatic carbocycles. The van der Waals surface area contributed by atoms with E-state index in [-0.39, 0.29) is 18.8 Å². The molecular weight excluding hydrogens is 176 g/mol. The lowest BCUT2D eigenvalue weighted by atomic mass is 10.1. The molecule has 0 radical (unpaired) electrons. The molecule has 2 heterocycles. The number of esters is 1. The molecule has 2 bridgehead atoms. The number of ether oxygens (including phenoxy) is 3. The highest BCUT2D eigenvalue weighted by Gasteiger charge is 2.44. The van der Waals surface area contributed by atoms with E-state index in [0.717, 1.165) is 0 Å². The molecule has 2 aliphatic heterocycles. The van der Waals surface area contributed by atoms with Gasteiger partial charge in [-0.05, 0) is 0 Å². The van der Waals surface area contributed by atoms with E-state index >= 15 is 0 Å². The summed E-state index contributed by atoms with van der Waals surface area (Å²) in [6, 6.07) is 0. The molecule has 0 unspecified atom stereocenters. The molecule has 5 heteroatoms. The van der Waals surface area contributed by atoms with Crippen LogP contribution in [0.15, 0.2) is 0 Å². The number of hydrogen-bond donors (Lipinski definition) is 0. The van der Waals surface area contributed by atoms with Crippen LogP contribution in [0.2, 0.25) is 0 Å². The Bertz CT molecular complexity index is 249. The molecule has 2 aliphatic rings. The van der Waals surface area contributed by atoms with Crippen molar-refractivity contribution in [2.45, 2.75) is 31.8 Å². The van der Waals surface area contributed by atoms with E-state index in [1.165, 1.54) is 6.92 Å². The molecule has 72 valence electrons. The smallest absolute Gasteiger partial charge is 0.303 e. The SMILES string of the molecule is CC(=O)O[C@@H]1CC(=O)[C@H]2CO[C@@H]1O2. The van der Waals surface area contributed by atoms with Crippen LogP contribution < -0.4 is 0 Å². The molecule has 0 aromatic rings. The zero-order chi connectivity index (χ0) is 9.42. The molecule has 3 atom stereocenters. The summed E-state index contributed by atoms with van der Waals surface area (Å²) in [7, 11) is 0. The first-order valence-corrected chi connectivity index (χ1v) is 4.14. The molecule has 0 aromatic carbocycles. The molecule has 0 N–H and O–H groups in total. The molecular formula is C8H10O5. The number of carbonyl (C=O) groups excluding carboxylic acids is 2. The zero-order valence-electron chi connectivity index (χ0n) is 7.19. The van der Waals surface area contributed by atoms with Gasteiger partial charge in [-0.3, -0.25) is 9.59 Å². The minimum Gasteiger partial charge on any atom is -0.457 e. The van der Waals surface area contributed by atoms with E-state index in [2.05, 4.69) is 0 Å². The molecule has 2 saturated heterocycles. The predicted octanol–water partition coefficient (Wildman–Crippen LogP) is -0.368. The minimum atomic E-state index is -0.566. The third-order valence-electron chi connectivity index (χ3n) is 2.09. The lowest BCUT2D eigenvalue weighted by molar-refractivity contribution is -0.187. The second kappa shape index (κ2) is 3.08. The lowest BCUT2D eigenvalue weighted by Crippen LogP contribution is -2.41. The summed E-state index contributed by atoms with van der Waals surface area (Å²) in [4.78, 5) is 21.9. The number of ketones is 1. The van der Waals surface area contributed by atoms with Gasteiger partial charge in [0.2, 0.25) is 0 Å². The average molecular weight is 186 g/mol. The van der Waals surface area contributed by atoms with E-state index in [1.807, 2.05) is 0 Å². The van der Waals surface area contributed by atoms with Crippen LogP contribution in [0.5, 0.6) is 0 Å². The zero-order valence-corrected chi connectivity index (χ0v) is 7.19. The van der Waals surface area contributed by atoms with Crippen molar-refractivity contribution >= 4 is 11.8 Å². The van der Waals surface area contributed by atoms with Crippen molar-refractivity contribution in [1.29, 1.82) is 0 Å². The molecule has 2 fully saturated rings. The summed E-state index contributed by atoms with van der Waals surface area (Å²) in [6.45, 7) is 1.58. The first-order valence-electron chi connectivity index (χ1n) is 4.14. The van der Waals surface area contributed by atoms with Gasteiger partial charge in [-0.15, -0.1) is 0 Å². The normalized spacial score (nSPS) is 37.6. The first kappa shape index (κ1) is 8.65. The van der Waals surface area contributed by atoms with Gasteiger partial charge in [0.25, 0.3) is 0 Å². The van der Waals surface area contributed by atoms with Gasteiger partial charge in [-0.2, -0.15) is 0 Å². The van der Waals surface area contributed by atoms with Gasteiger partial charge >= 0.3 is 5.97 Å². The number of fused-ring (bicyclic) bond motifs is 2. The number of hydrogen-bond acceptors (Lipinski definition) is 5. The molecule has 0 amide bonds. The van der Waals surface area contributed by atoms with Crippen LogP contribution in [-0.2, 0) is 23.8 Å². The van der Waals surface area contributed by atoms with Gasteiger partial charge in [-0.25, -0.2) is 0 Å². The molecule has 5 nitrogen and oxygen atoms in total. The topological polar surface area (TPSA) is 61.8 Å². The van der Waals surface area contributed by atoms with Crippen LogP contribution in [0.3, 0.4) is 0 Å². The van der Waals surface area contributed by atoms with Crippen LogP contribution in [0.25, 0.3) is 0 Å². The van der Waals surface area contributed by atoms with Gasteiger partial charge in [0, 0.05) is 6.92 Å². The van der Waals surface area contributed by atoms with E-state index in [1.54, 1.807) is 0 Å². The summed E-state index contributed by atoms with van der Waals surface area (Å²) in [5.74, 6) is -0.477. The molecule has 0 spiro atoms. The molecule has 0 aromatic heterocycles. The van der Waals surface area contributed by atoms with E-state index in [0.29, 0.717) is 0 Å². The average Bonchev–Trinajstić information content (AvgIpc) is 2.44. The van der Waals surface area contributed by atoms with Gasteiger partial charge in [0.05, 0.1) is 13.0 Å². The van der Waals surface area contributed by atoms with Crippen molar-refractivity contribution in [3.63, 3.8) is 0 Å². The Morgan fingerprint density at radius 2 is 2.38 bits per heavy atom. The first-order chi connectivity index (χ1) is 6.16. The second-order valence-corrected chi connectivity index (χ2v) is 3.14. The fraction of sp³-hybridized carbons (Fsp3) is 0.750. The van der Waals surface area contributed by atoms with Crippen molar-refractivity contribution in [2.75, 3.05) is 6.61 Å². The van der Waals surface area contributed by atoms with Crippen LogP contribution in [0, 0.1) is 0 Å². The highest BCUT2D eigenvalue weighted by atomic mass is 16.7. The highest BCUT2D eigenvalue weighted by Crippen LogP contribution is 2.26. The quantitative estimate of drug-likeness (QED) is 0.523. The molecule has 13 heavy (non-hydrogen) atoms. The Kier molecular flexibility index (Phi) is 2.05. The van der Waals surface area contributed by atoms with Gasteiger partial charge in [0.1, 0.15) is 6.10 Å². The summed E-state index contributed by atoms with van der Waals surface area (Å²) in [5.41, 5.74) is 0. The van der Waals surface area contributed by atoms with Crippen molar-refractivity contribution in [1.82, 2.24) is 0 Å². The number of carbonyl (C=O) groups is 2. The van der Waals surface area contributed by atoms with E-state index in [9.17, 15) is 9.59 Å². The summed E-state index contributed by atoms with van der Waals surface area (Å²) < 4.78 is 15.2. The standard InChI is InChI=1S/C8H10O5/c1-4(9)12-6-2-5(10)7-3-11-8(6)13-7/h6-8H,2-3H2,1H3/t6-,7-,8-/m1/s1. The number of Topliss-reactive ketones (excluding diaryl/α,β-unsaturated/α-hetero) is 1. The van der Waals surface area contributed by atoms with Crippen molar-refractivity contribution in [2.24, 2.45) is 0 Å². The van der Waals surface area contributed by atoms with E-state index in [4.69, 9.17) is 14.2 Å². The monoisotopic (exact) mass is 186 g/mol. The summed E-state index contributed by atoms with van der Waals surface area (Å²) in [6.07, 6.45) is -1.36. The highest BCUT2D eigenvalue weighted by molar-refractivity contribution is 5.85. The van der Waals surface area contributed by atoms with E-state index < -0.39 is 24.5 Å². The maximum Gasteiger partial charge on any atom is 0.303 e. The maximum absolute atomic E-state index is 11.2. The molecule has 2 rings (SSSR count). The Balaban J connectivity index is 2.04. The van der Waals surface area contributed by atoms with Gasteiger partial charge < -0.3 is 14.2 Å². The fourth-order valence-electron chi connectivity index (χ4n) is 1.52. The Morgan fingerprint density at radius 3 is 3.08 bits per heavy atom. The maximum atomic E-state index is 11.2. The second-order valence-electron chi connectivity index (χ2n) is 3.14. The Hall–Kier alpha value is -0.940. The van der Waals surface area contributed by atoms with Crippen molar-refractivity contribution in [3.05, 3.63) is 0 Å². The van der Waals surface area contributed by atoms with Crippen molar-refractivity contribution in [3.8, 4) is 0 Å². The molecule has 0 saturated carbocycles. The number of rotatable bonds is 1.